The van der Waals surface area contributed by atoms with Crippen molar-refractivity contribution in [1.82, 2.24) is 4.98 Å². The topological polar surface area (TPSA) is 59.2 Å². The Morgan fingerprint density at radius 3 is 2.82 bits per heavy atom. The van der Waals surface area contributed by atoms with Gasteiger partial charge in [0.1, 0.15) is 10.6 Å². The van der Waals surface area contributed by atoms with Gasteiger partial charge in [0.05, 0.1) is 17.5 Å². The van der Waals surface area contributed by atoms with Crippen LogP contribution in [-0.4, -0.2) is 20.0 Å². The normalized spacial score (nSPS) is 11.9. The Hall–Kier alpha value is -1.20. The van der Waals surface area contributed by atoms with Gasteiger partial charge in [-0.25, -0.2) is 8.42 Å². The van der Waals surface area contributed by atoms with Crippen molar-refractivity contribution < 1.29 is 13.2 Å². The standard InChI is InChI=1S/C11H12ClNO3S/c1-2-6-16-9-5-3-4-8-11(9)10(7-13-8)17(12,14)15/h3-5,7,13H,2,6H2,1H3. The van der Waals surface area contributed by atoms with Crippen LogP contribution in [0.15, 0.2) is 29.3 Å². The first kappa shape index (κ1) is 12.3. The van der Waals surface area contributed by atoms with Crippen LogP contribution >= 0.6 is 10.7 Å². The first-order valence-corrected chi connectivity index (χ1v) is 7.52. The molecule has 0 aliphatic rings. The molecule has 4 nitrogen and oxygen atoms in total. The summed E-state index contributed by atoms with van der Waals surface area (Å²) in [5.41, 5.74) is 0.692. The van der Waals surface area contributed by atoms with Gasteiger partial charge in [-0.15, -0.1) is 0 Å². The molecular formula is C11H12ClNO3S. The molecule has 17 heavy (non-hydrogen) atoms. The van der Waals surface area contributed by atoms with Crippen LogP contribution in [0.25, 0.3) is 10.9 Å². The average molecular weight is 274 g/mol. The number of ether oxygens (including phenoxy) is 1. The van der Waals surface area contributed by atoms with Crippen LogP contribution < -0.4 is 4.74 Å². The maximum Gasteiger partial charge on any atom is 0.263 e. The number of fused-ring (bicyclic) bond motifs is 1. The third-order valence-corrected chi connectivity index (χ3v) is 3.70. The lowest BCUT2D eigenvalue weighted by molar-refractivity contribution is 0.321. The number of halogens is 1. The van der Waals surface area contributed by atoms with Gasteiger partial charge in [0.15, 0.2) is 0 Å². The van der Waals surface area contributed by atoms with Crippen molar-refractivity contribution in [2.24, 2.45) is 0 Å². The molecule has 1 N–H and O–H groups in total. The lowest BCUT2D eigenvalue weighted by atomic mass is 10.2. The number of benzene rings is 1. The summed E-state index contributed by atoms with van der Waals surface area (Å²) < 4.78 is 28.4. The number of aromatic nitrogens is 1. The number of hydrogen-bond donors (Lipinski definition) is 1. The lowest BCUT2D eigenvalue weighted by Gasteiger charge is -2.06. The molecule has 92 valence electrons. The van der Waals surface area contributed by atoms with E-state index in [1.807, 2.05) is 6.92 Å². The van der Waals surface area contributed by atoms with Crippen molar-refractivity contribution in [2.45, 2.75) is 18.2 Å². The summed E-state index contributed by atoms with van der Waals surface area (Å²) in [4.78, 5) is 2.92. The lowest BCUT2D eigenvalue weighted by Crippen LogP contribution is -1.97. The third kappa shape index (κ3) is 2.40. The highest BCUT2D eigenvalue weighted by Gasteiger charge is 2.19. The Bertz CT molecular complexity index is 633. The maximum atomic E-state index is 11.4. The van der Waals surface area contributed by atoms with Crippen LogP contribution in [0, 0.1) is 0 Å². The molecule has 0 saturated heterocycles. The summed E-state index contributed by atoms with van der Waals surface area (Å²) in [7, 11) is 1.61. The van der Waals surface area contributed by atoms with E-state index in [9.17, 15) is 8.42 Å². The maximum absolute atomic E-state index is 11.4. The van der Waals surface area contributed by atoms with E-state index in [-0.39, 0.29) is 4.90 Å². The molecular weight excluding hydrogens is 262 g/mol. The van der Waals surface area contributed by atoms with Gasteiger partial charge in [-0.3, -0.25) is 0 Å². The number of H-pyrrole nitrogens is 1. The molecule has 0 aliphatic heterocycles. The highest BCUT2D eigenvalue weighted by molar-refractivity contribution is 8.14. The van der Waals surface area contributed by atoms with Crippen LogP contribution in [0.5, 0.6) is 5.75 Å². The first-order valence-electron chi connectivity index (χ1n) is 5.21. The summed E-state index contributed by atoms with van der Waals surface area (Å²) in [6.45, 7) is 2.52. The van der Waals surface area contributed by atoms with Crippen molar-refractivity contribution in [3.8, 4) is 5.75 Å². The third-order valence-electron chi connectivity index (χ3n) is 2.36. The predicted octanol–water partition coefficient (Wildman–Crippen LogP) is 2.88. The van der Waals surface area contributed by atoms with Crippen LogP contribution in [0.3, 0.4) is 0 Å². The van der Waals surface area contributed by atoms with Gasteiger partial charge in [-0.05, 0) is 18.6 Å². The summed E-state index contributed by atoms with van der Waals surface area (Å²) >= 11 is 0. The monoisotopic (exact) mass is 273 g/mol. The number of hydrogen-bond acceptors (Lipinski definition) is 3. The molecule has 0 saturated carbocycles. The molecule has 2 aromatic rings. The molecule has 0 bridgehead atoms. The molecule has 0 radical (unpaired) electrons. The molecule has 1 aromatic carbocycles. The molecule has 1 aromatic heterocycles. The summed E-state index contributed by atoms with van der Waals surface area (Å²) in [5, 5.41) is 0.510. The quantitative estimate of drug-likeness (QED) is 0.872. The van der Waals surface area contributed by atoms with Crippen molar-refractivity contribution in [3.63, 3.8) is 0 Å². The number of aromatic amines is 1. The van der Waals surface area contributed by atoms with E-state index in [1.165, 1.54) is 6.20 Å². The second-order valence-corrected chi connectivity index (χ2v) is 6.15. The Morgan fingerprint density at radius 2 is 2.18 bits per heavy atom. The van der Waals surface area contributed by atoms with E-state index in [1.54, 1.807) is 18.2 Å². The smallest absolute Gasteiger partial charge is 0.263 e. The Balaban J connectivity index is 2.64. The van der Waals surface area contributed by atoms with Gasteiger partial charge < -0.3 is 9.72 Å². The Labute approximate surface area is 104 Å². The minimum absolute atomic E-state index is 0.0564. The molecule has 0 amide bonds. The van der Waals surface area contributed by atoms with Gasteiger partial charge in [0.2, 0.25) is 0 Å². The van der Waals surface area contributed by atoms with Crippen molar-refractivity contribution in [2.75, 3.05) is 6.61 Å². The Morgan fingerprint density at radius 1 is 1.41 bits per heavy atom. The second-order valence-electron chi connectivity index (χ2n) is 3.62. The molecule has 1 heterocycles. The van der Waals surface area contributed by atoms with Crippen molar-refractivity contribution >= 4 is 30.6 Å². The van der Waals surface area contributed by atoms with Crippen molar-refractivity contribution in [1.29, 1.82) is 0 Å². The van der Waals surface area contributed by atoms with Crippen LogP contribution in [-0.2, 0) is 9.05 Å². The zero-order valence-electron chi connectivity index (χ0n) is 9.23. The molecule has 6 heteroatoms. The Kier molecular flexibility index (Phi) is 3.31. The van der Waals surface area contributed by atoms with E-state index < -0.39 is 9.05 Å². The van der Waals surface area contributed by atoms with Gasteiger partial charge in [-0.1, -0.05) is 13.0 Å². The molecule has 0 aliphatic carbocycles. The SMILES string of the molecule is CCCOc1cccc2[nH]cc(S(=O)(=O)Cl)c12. The van der Waals surface area contributed by atoms with E-state index in [0.29, 0.717) is 23.3 Å². The molecule has 0 atom stereocenters. The zero-order valence-corrected chi connectivity index (χ0v) is 10.8. The van der Waals surface area contributed by atoms with Gasteiger partial charge >= 0.3 is 0 Å². The van der Waals surface area contributed by atoms with Gasteiger partial charge in [0, 0.05) is 16.9 Å². The molecule has 0 fully saturated rings. The van der Waals surface area contributed by atoms with Crippen LogP contribution in [0.4, 0.5) is 0 Å². The highest BCUT2D eigenvalue weighted by atomic mass is 35.7. The van der Waals surface area contributed by atoms with Crippen LogP contribution in [0.1, 0.15) is 13.3 Å². The minimum Gasteiger partial charge on any atom is -0.493 e. The fraction of sp³-hybridized carbons (Fsp3) is 0.273. The first-order chi connectivity index (χ1) is 8.04. The van der Waals surface area contributed by atoms with E-state index >= 15 is 0 Å². The van der Waals surface area contributed by atoms with E-state index in [2.05, 4.69) is 4.98 Å². The predicted molar refractivity (Wildman–Crippen MR) is 67.1 cm³/mol. The van der Waals surface area contributed by atoms with Gasteiger partial charge in [-0.2, -0.15) is 0 Å². The zero-order chi connectivity index (χ0) is 12.5. The summed E-state index contributed by atoms with van der Waals surface area (Å²) in [5.74, 6) is 0.532. The van der Waals surface area contributed by atoms with E-state index in [0.717, 1.165) is 6.42 Å². The average Bonchev–Trinajstić information content (AvgIpc) is 2.69. The number of nitrogens with one attached hydrogen (secondary N) is 1. The minimum atomic E-state index is -3.77. The van der Waals surface area contributed by atoms with Crippen molar-refractivity contribution in [3.05, 3.63) is 24.4 Å². The molecule has 0 spiro atoms. The fourth-order valence-corrected chi connectivity index (χ4v) is 2.66. The van der Waals surface area contributed by atoms with Crippen LogP contribution in [0.2, 0.25) is 0 Å². The number of rotatable bonds is 4. The molecule has 2 rings (SSSR count). The van der Waals surface area contributed by atoms with Gasteiger partial charge in [0.25, 0.3) is 9.05 Å². The fourth-order valence-electron chi connectivity index (χ4n) is 1.65. The molecule has 0 unspecified atom stereocenters. The second kappa shape index (κ2) is 4.58. The highest BCUT2D eigenvalue weighted by Crippen LogP contribution is 2.33. The largest absolute Gasteiger partial charge is 0.493 e. The van der Waals surface area contributed by atoms with E-state index in [4.69, 9.17) is 15.4 Å². The summed E-state index contributed by atoms with van der Waals surface area (Å²) in [6, 6.07) is 5.31. The summed E-state index contributed by atoms with van der Waals surface area (Å²) in [6.07, 6.45) is 2.23.